The minimum Gasteiger partial charge on any atom is -0.312 e. The molecule has 2 rings (SSSR count). The zero-order valence-corrected chi connectivity index (χ0v) is 14.8. The van der Waals surface area contributed by atoms with E-state index >= 15 is 0 Å². The van der Waals surface area contributed by atoms with Gasteiger partial charge in [-0.15, -0.1) is 22.7 Å². The van der Waals surface area contributed by atoms with E-state index in [1.165, 1.54) is 16.2 Å². The van der Waals surface area contributed by atoms with Gasteiger partial charge in [0.1, 0.15) is 4.21 Å². The Bertz CT molecular complexity index is 689. The summed E-state index contributed by atoms with van der Waals surface area (Å²) in [5, 5.41) is 3.20. The highest BCUT2D eigenvalue weighted by Crippen LogP contribution is 2.26. The zero-order chi connectivity index (χ0) is 15.5. The molecule has 2 heterocycles. The van der Waals surface area contributed by atoms with Crippen LogP contribution >= 0.6 is 22.7 Å². The maximum atomic E-state index is 12.4. The normalized spacial score (nSPS) is 13.5. The van der Waals surface area contributed by atoms with Crippen LogP contribution in [0.3, 0.4) is 0 Å². The van der Waals surface area contributed by atoms with Crippen molar-refractivity contribution in [3.63, 3.8) is 0 Å². The van der Waals surface area contributed by atoms with Gasteiger partial charge in [0.05, 0.1) is 6.04 Å². The predicted octanol–water partition coefficient (Wildman–Crippen LogP) is 3.27. The van der Waals surface area contributed by atoms with Crippen LogP contribution in [-0.4, -0.2) is 15.0 Å². The molecule has 0 aliphatic heterocycles. The molecule has 21 heavy (non-hydrogen) atoms. The number of aryl methyl sites for hydroxylation is 1. The minimum absolute atomic E-state index is 0.215. The standard InChI is InChI=1S/C14H20N2O2S3/c1-4-15-9-12-6-8-14(20-12)21(17,18)16-11(3)13-7-5-10(2)19-13/h5-8,11,15-16H,4,9H2,1-3H3. The number of sulfonamides is 1. The van der Waals surface area contributed by atoms with Gasteiger partial charge in [-0.1, -0.05) is 6.92 Å². The fourth-order valence-electron chi connectivity index (χ4n) is 1.88. The van der Waals surface area contributed by atoms with Crippen molar-refractivity contribution in [1.82, 2.24) is 10.0 Å². The first-order valence-corrected chi connectivity index (χ1v) is 9.92. The lowest BCUT2D eigenvalue weighted by Gasteiger charge is -2.11. The third kappa shape index (κ3) is 4.37. The second-order valence-electron chi connectivity index (χ2n) is 4.79. The maximum Gasteiger partial charge on any atom is 0.250 e. The molecular formula is C14H20N2O2S3. The summed E-state index contributed by atoms with van der Waals surface area (Å²) in [4.78, 5) is 3.23. The van der Waals surface area contributed by atoms with Crippen LogP contribution < -0.4 is 10.0 Å². The number of rotatable bonds is 7. The zero-order valence-electron chi connectivity index (χ0n) is 12.3. The fraction of sp³-hybridized carbons (Fsp3) is 0.429. The van der Waals surface area contributed by atoms with Crippen LogP contribution in [0.2, 0.25) is 0 Å². The third-order valence-corrected chi connectivity index (χ3v) is 7.27. The first kappa shape index (κ1) is 16.6. The van der Waals surface area contributed by atoms with Gasteiger partial charge >= 0.3 is 0 Å². The molecule has 0 saturated carbocycles. The highest BCUT2D eigenvalue weighted by molar-refractivity contribution is 7.91. The lowest BCUT2D eigenvalue weighted by molar-refractivity contribution is 0.570. The molecule has 0 aliphatic rings. The summed E-state index contributed by atoms with van der Waals surface area (Å²) in [5.74, 6) is 0. The van der Waals surface area contributed by atoms with Crippen LogP contribution in [0, 0.1) is 6.92 Å². The van der Waals surface area contributed by atoms with Crippen molar-refractivity contribution >= 4 is 32.7 Å². The lowest BCUT2D eigenvalue weighted by atomic mass is 10.3. The van der Waals surface area contributed by atoms with Crippen molar-refractivity contribution in [2.75, 3.05) is 6.54 Å². The van der Waals surface area contributed by atoms with E-state index < -0.39 is 10.0 Å². The van der Waals surface area contributed by atoms with E-state index in [9.17, 15) is 8.42 Å². The van der Waals surface area contributed by atoms with Crippen molar-refractivity contribution in [2.24, 2.45) is 0 Å². The molecule has 4 nitrogen and oxygen atoms in total. The van der Waals surface area contributed by atoms with Gasteiger partial charge < -0.3 is 5.32 Å². The van der Waals surface area contributed by atoms with Gasteiger partial charge in [0.15, 0.2) is 0 Å². The van der Waals surface area contributed by atoms with Gasteiger partial charge in [0.25, 0.3) is 10.0 Å². The Morgan fingerprint density at radius 2 is 1.95 bits per heavy atom. The average Bonchev–Trinajstić information content (AvgIpc) is 3.05. The Kier molecular flexibility index (Phi) is 5.56. The summed E-state index contributed by atoms with van der Waals surface area (Å²) in [6.07, 6.45) is 0. The highest BCUT2D eigenvalue weighted by atomic mass is 32.2. The van der Waals surface area contributed by atoms with Crippen molar-refractivity contribution in [1.29, 1.82) is 0 Å². The van der Waals surface area contributed by atoms with E-state index in [0.29, 0.717) is 10.8 Å². The molecule has 0 aliphatic carbocycles. The molecule has 116 valence electrons. The van der Waals surface area contributed by atoms with Gasteiger partial charge in [-0.3, -0.25) is 0 Å². The average molecular weight is 345 g/mol. The van der Waals surface area contributed by atoms with E-state index in [-0.39, 0.29) is 6.04 Å². The third-order valence-electron chi connectivity index (χ3n) is 2.97. The maximum absolute atomic E-state index is 12.4. The van der Waals surface area contributed by atoms with E-state index in [4.69, 9.17) is 0 Å². The molecule has 0 amide bonds. The molecule has 2 aromatic rings. The van der Waals surface area contributed by atoms with Crippen LogP contribution in [0.4, 0.5) is 0 Å². The van der Waals surface area contributed by atoms with Gasteiger partial charge in [0, 0.05) is 21.2 Å². The van der Waals surface area contributed by atoms with Gasteiger partial charge in [0.2, 0.25) is 0 Å². The quantitative estimate of drug-likeness (QED) is 0.810. The summed E-state index contributed by atoms with van der Waals surface area (Å²) in [6.45, 7) is 7.48. The number of nitrogens with one attached hydrogen (secondary N) is 2. The molecule has 1 unspecified atom stereocenters. The molecule has 0 aromatic carbocycles. The number of hydrogen-bond acceptors (Lipinski definition) is 5. The molecule has 2 aromatic heterocycles. The summed E-state index contributed by atoms with van der Waals surface area (Å²) in [5.41, 5.74) is 0. The first-order chi connectivity index (χ1) is 9.92. The molecule has 0 spiro atoms. The smallest absolute Gasteiger partial charge is 0.250 e. The van der Waals surface area contributed by atoms with Crippen molar-refractivity contribution in [2.45, 2.75) is 37.6 Å². The minimum atomic E-state index is -3.46. The Morgan fingerprint density at radius 1 is 1.19 bits per heavy atom. The van der Waals surface area contributed by atoms with E-state index in [2.05, 4.69) is 10.0 Å². The summed E-state index contributed by atoms with van der Waals surface area (Å²) >= 11 is 2.93. The van der Waals surface area contributed by atoms with Crippen LogP contribution in [0.1, 0.15) is 34.5 Å². The van der Waals surface area contributed by atoms with Crippen LogP contribution in [0.15, 0.2) is 28.5 Å². The number of thiophene rings is 2. The van der Waals surface area contributed by atoms with Crippen LogP contribution in [0.5, 0.6) is 0 Å². The van der Waals surface area contributed by atoms with Gasteiger partial charge in [-0.25, -0.2) is 13.1 Å². The predicted molar refractivity (Wildman–Crippen MR) is 89.5 cm³/mol. The molecule has 0 fully saturated rings. The van der Waals surface area contributed by atoms with E-state index in [1.54, 1.807) is 17.4 Å². The summed E-state index contributed by atoms with van der Waals surface area (Å²) < 4.78 is 27.9. The Hall–Kier alpha value is -0.730. The molecule has 0 bridgehead atoms. The van der Waals surface area contributed by atoms with Gasteiger partial charge in [-0.05, 0) is 44.7 Å². The Balaban J connectivity index is 2.09. The SMILES string of the molecule is CCNCc1ccc(S(=O)(=O)NC(C)c2ccc(C)s2)s1. The van der Waals surface area contributed by atoms with Gasteiger partial charge in [-0.2, -0.15) is 0 Å². The first-order valence-electron chi connectivity index (χ1n) is 6.80. The number of hydrogen-bond donors (Lipinski definition) is 2. The largest absolute Gasteiger partial charge is 0.312 e. The molecule has 0 radical (unpaired) electrons. The molecule has 7 heteroatoms. The van der Waals surface area contributed by atoms with Crippen LogP contribution in [0.25, 0.3) is 0 Å². The van der Waals surface area contributed by atoms with Crippen molar-refractivity contribution in [3.05, 3.63) is 38.9 Å². The van der Waals surface area contributed by atoms with Crippen molar-refractivity contribution in [3.8, 4) is 0 Å². The summed E-state index contributed by atoms with van der Waals surface area (Å²) in [7, 11) is -3.46. The topological polar surface area (TPSA) is 58.2 Å². The summed E-state index contributed by atoms with van der Waals surface area (Å²) in [6, 6.07) is 7.30. The monoisotopic (exact) mass is 344 g/mol. The second-order valence-corrected chi connectivity index (χ2v) is 9.22. The van der Waals surface area contributed by atoms with E-state index in [0.717, 1.165) is 16.3 Å². The fourth-order valence-corrected chi connectivity index (χ4v) is 5.40. The highest BCUT2D eigenvalue weighted by Gasteiger charge is 2.21. The van der Waals surface area contributed by atoms with Crippen molar-refractivity contribution < 1.29 is 8.42 Å². The van der Waals surface area contributed by atoms with Crippen LogP contribution in [-0.2, 0) is 16.6 Å². The second kappa shape index (κ2) is 7.02. The molecule has 0 saturated heterocycles. The molecule has 2 N–H and O–H groups in total. The molecular weight excluding hydrogens is 324 g/mol. The van der Waals surface area contributed by atoms with E-state index in [1.807, 2.05) is 39.0 Å². The lowest BCUT2D eigenvalue weighted by Crippen LogP contribution is -2.25. The Labute approximate surface area is 134 Å². The Morgan fingerprint density at radius 3 is 2.57 bits per heavy atom. The molecule has 1 atom stereocenters.